The maximum Gasteiger partial charge on any atom is 0.339 e. The highest BCUT2D eigenvalue weighted by atomic mass is 16.5. The SMILES string of the molecule is CCOC(=O)c1ccccc1C#Cc1ccccc1OC. The minimum absolute atomic E-state index is 0.340. The van der Waals surface area contributed by atoms with Crippen molar-refractivity contribution in [2.45, 2.75) is 6.92 Å². The molecule has 106 valence electrons. The zero-order valence-electron chi connectivity index (χ0n) is 12.1. The number of hydrogen-bond donors (Lipinski definition) is 0. The second-order valence-corrected chi connectivity index (χ2v) is 4.22. The Morgan fingerprint density at radius 3 is 2.33 bits per heavy atom. The zero-order chi connectivity index (χ0) is 15.1. The minimum atomic E-state index is -0.359. The number of hydrogen-bond acceptors (Lipinski definition) is 3. The standard InChI is InChI=1S/C18H16O3/c1-3-21-18(19)16-10-6-4-8-14(16)12-13-15-9-5-7-11-17(15)20-2/h4-11H,3H2,1-2H3. The summed E-state index contributed by atoms with van der Waals surface area (Å²) in [6, 6.07) is 14.6. The van der Waals surface area contributed by atoms with Gasteiger partial charge in [0, 0.05) is 5.56 Å². The molecule has 0 aliphatic rings. The monoisotopic (exact) mass is 280 g/mol. The number of para-hydroxylation sites is 1. The van der Waals surface area contributed by atoms with Crippen LogP contribution in [0.1, 0.15) is 28.4 Å². The highest BCUT2D eigenvalue weighted by Crippen LogP contribution is 2.16. The smallest absolute Gasteiger partial charge is 0.339 e. The molecule has 0 radical (unpaired) electrons. The summed E-state index contributed by atoms with van der Waals surface area (Å²) in [5.74, 6) is 6.40. The van der Waals surface area contributed by atoms with Gasteiger partial charge in [0.2, 0.25) is 0 Å². The van der Waals surface area contributed by atoms with Crippen LogP contribution in [0.25, 0.3) is 0 Å². The Hall–Kier alpha value is -2.73. The van der Waals surface area contributed by atoms with Gasteiger partial charge in [0.15, 0.2) is 0 Å². The second-order valence-electron chi connectivity index (χ2n) is 4.22. The van der Waals surface area contributed by atoms with Crippen molar-refractivity contribution in [1.82, 2.24) is 0 Å². The molecule has 2 aromatic rings. The highest BCUT2D eigenvalue weighted by Gasteiger charge is 2.10. The van der Waals surface area contributed by atoms with Crippen LogP contribution in [0.3, 0.4) is 0 Å². The lowest BCUT2D eigenvalue weighted by atomic mass is 10.1. The fourth-order valence-electron chi connectivity index (χ4n) is 1.86. The van der Waals surface area contributed by atoms with Gasteiger partial charge in [-0.25, -0.2) is 4.79 Å². The Morgan fingerprint density at radius 2 is 1.62 bits per heavy atom. The number of carbonyl (C=O) groups excluding carboxylic acids is 1. The van der Waals surface area contributed by atoms with Crippen molar-refractivity contribution < 1.29 is 14.3 Å². The first-order valence-corrected chi connectivity index (χ1v) is 6.67. The molecular formula is C18H16O3. The summed E-state index contributed by atoms with van der Waals surface area (Å²) in [5, 5.41) is 0. The first-order valence-electron chi connectivity index (χ1n) is 6.67. The Labute approximate surface area is 124 Å². The van der Waals surface area contributed by atoms with E-state index in [1.165, 1.54) is 0 Å². The van der Waals surface area contributed by atoms with Crippen LogP contribution in [0.5, 0.6) is 5.75 Å². The Balaban J connectivity index is 2.37. The molecule has 0 N–H and O–H groups in total. The summed E-state index contributed by atoms with van der Waals surface area (Å²) < 4.78 is 10.3. The minimum Gasteiger partial charge on any atom is -0.495 e. The first kappa shape index (κ1) is 14.7. The van der Waals surface area contributed by atoms with Gasteiger partial charge in [0.05, 0.1) is 24.8 Å². The van der Waals surface area contributed by atoms with E-state index in [0.717, 1.165) is 5.56 Å². The zero-order valence-corrected chi connectivity index (χ0v) is 12.1. The summed E-state index contributed by atoms with van der Waals surface area (Å²) in [5.41, 5.74) is 1.89. The van der Waals surface area contributed by atoms with Crippen LogP contribution >= 0.6 is 0 Å². The van der Waals surface area contributed by atoms with Crippen molar-refractivity contribution in [2.24, 2.45) is 0 Å². The van der Waals surface area contributed by atoms with Gasteiger partial charge < -0.3 is 9.47 Å². The third-order valence-electron chi connectivity index (χ3n) is 2.86. The largest absolute Gasteiger partial charge is 0.495 e. The molecule has 0 aliphatic heterocycles. The lowest BCUT2D eigenvalue weighted by molar-refractivity contribution is 0.0526. The van der Waals surface area contributed by atoms with E-state index in [1.807, 2.05) is 30.3 Å². The van der Waals surface area contributed by atoms with E-state index in [2.05, 4.69) is 11.8 Å². The molecule has 3 heteroatoms. The van der Waals surface area contributed by atoms with Gasteiger partial charge in [-0.1, -0.05) is 36.1 Å². The van der Waals surface area contributed by atoms with Crippen molar-refractivity contribution in [3.05, 3.63) is 65.2 Å². The normalized spacial score (nSPS) is 9.43. The van der Waals surface area contributed by atoms with Crippen molar-refractivity contribution >= 4 is 5.97 Å². The van der Waals surface area contributed by atoms with Crippen LogP contribution < -0.4 is 4.74 Å². The average molecular weight is 280 g/mol. The molecule has 0 bridgehead atoms. The maximum absolute atomic E-state index is 11.9. The van der Waals surface area contributed by atoms with Crippen molar-refractivity contribution in [3.63, 3.8) is 0 Å². The molecule has 0 atom stereocenters. The summed E-state index contributed by atoms with van der Waals surface area (Å²) in [6.45, 7) is 2.12. The molecule has 0 aliphatic carbocycles. The van der Waals surface area contributed by atoms with Crippen molar-refractivity contribution in [2.75, 3.05) is 13.7 Å². The molecule has 0 saturated heterocycles. The molecule has 0 saturated carbocycles. The summed E-state index contributed by atoms with van der Waals surface area (Å²) in [7, 11) is 1.60. The van der Waals surface area contributed by atoms with Crippen LogP contribution in [-0.2, 0) is 4.74 Å². The number of esters is 1. The van der Waals surface area contributed by atoms with Crippen molar-refractivity contribution in [1.29, 1.82) is 0 Å². The quantitative estimate of drug-likeness (QED) is 0.639. The van der Waals surface area contributed by atoms with Gasteiger partial charge >= 0.3 is 5.97 Å². The molecule has 2 aromatic carbocycles. The van der Waals surface area contributed by atoms with Gasteiger partial charge in [0.25, 0.3) is 0 Å². The number of ether oxygens (including phenoxy) is 2. The molecule has 0 heterocycles. The van der Waals surface area contributed by atoms with Crippen molar-refractivity contribution in [3.8, 4) is 17.6 Å². The fraction of sp³-hybridized carbons (Fsp3) is 0.167. The number of carbonyl (C=O) groups is 1. The predicted octanol–water partition coefficient (Wildman–Crippen LogP) is 3.27. The van der Waals surface area contributed by atoms with Gasteiger partial charge in [-0.05, 0) is 31.2 Å². The van der Waals surface area contributed by atoms with E-state index in [9.17, 15) is 4.79 Å². The Kier molecular flexibility index (Phi) is 5.00. The molecule has 21 heavy (non-hydrogen) atoms. The summed E-state index contributed by atoms with van der Waals surface area (Å²) >= 11 is 0. The predicted molar refractivity (Wildman–Crippen MR) is 81.4 cm³/mol. The lowest BCUT2D eigenvalue weighted by Crippen LogP contribution is -2.06. The topological polar surface area (TPSA) is 35.5 Å². The third-order valence-corrected chi connectivity index (χ3v) is 2.86. The van der Waals surface area contributed by atoms with Crippen LogP contribution in [0.2, 0.25) is 0 Å². The van der Waals surface area contributed by atoms with Gasteiger partial charge in [0.1, 0.15) is 5.75 Å². The molecule has 0 aromatic heterocycles. The van der Waals surface area contributed by atoms with Crippen LogP contribution in [0.4, 0.5) is 0 Å². The molecule has 0 spiro atoms. The fourth-order valence-corrected chi connectivity index (χ4v) is 1.86. The average Bonchev–Trinajstić information content (AvgIpc) is 2.53. The van der Waals surface area contributed by atoms with E-state index in [0.29, 0.717) is 23.5 Å². The maximum atomic E-state index is 11.9. The van der Waals surface area contributed by atoms with E-state index in [1.54, 1.807) is 32.2 Å². The highest BCUT2D eigenvalue weighted by molar-refractivity contribution is 5.92. The summed E-state index contributed by atoms with van der Waals surface area (Å²) in [4.78, 5) is 11.9. The van der Waals surface area contributed by atoms with Gasteiger partial charge in [-0.2, -0.15) is 0 Å². The second kappa shape index (κ2) is 7.16. The first-order chi connectivity index (χ1) is 10.3. The van der Waals surface area contributed by atoms with Crippen LogP contribution in [0, 0.1) is 11.8 Å². The van der Waals surface area contributed by atoms with E-state index < -0.39 is 0 Å². The summed E-state index contributed by atoms with van der Waals surface area (Å²) in [6.07, 6.45) is 0. The number of benzene rings is 2. The molecule has 0 unspecified atom stereocenters. The molecule has 0 fully saturated rings. The van der Waals surface area contributed by atoms with Crippen LogP contribution in [-0.4, -0.2) is 19.7 Å². The number of methoxy groups -OCH3 is 1. The Morgan fingerprint density at radius 1 is 1.00 bits per heavy atom. The van der Waals surface area contributed by atoms with Gasteiger partial charge in [-0.15, -0.1) is 0 Å². The lowest BCUT2D eigenvalue weighted by Gasteiger charge is -2.04. The van der Waals surface area contributed by atoms with Gasteiger partial charge in [-0.3, -0.25) is 0 Å². The third kappa shape index (κ3) is 3.64. The molecule has 2 rings (SSSR count). The van der Waals surface area contributed by atoms with Crippen LogP contribution in [0.15, 0.2) is 48.5 Å². The van der Waals surface area contributed by atoms with E-state index in [-0.39, 0.29) is 5.97 Å². The Bertz CT molecular complexity index is 693. The molecular weight excluding hydrogens is 264 g/mol. The molecule has 0 amide bonds. The van der Waals surface area contributed by atoms with E-state index in [4.69, 9.17) is 9.47 Å². The van der Waals surface area contributed by atoms with E-state index >= 15 is 0 Å². The molecule has 3 nitrogen and oxygen atoms in total. The number of rotatable bonds is 3.